The van der Waals surface area contributed by atoms with E-state index in [1.165, 1.54) is 0 Å². The molecule has 1 rings (SSSR count). The third-order valence-electron chi connectivity index (χ3n) is 1.78. The molecule has 0 aliphatic heterocycles. The number of aliphatic carboxylic acids is 1. The summed E-state index contributed by atoms with van der Waals surface area (Å²) in [6.45, 7) is 0. The Bertz CT molecular complexity index is 137. The first-order valence-corrected chi connectivity index (χ1v) is 3.54. The first-order valence-electron chi connectivity index (χ1n) is 2.96. The van der Waals surface area contributed by atoms with Gasteiger partial charge in [0.25, 0.3) is 0 Å². The van der Waals surface area contributed by atoms with Gasteiger partial charge in [0.15, 0.2) is 0 Å². The molecular formula is C6H8Na2O2S. The molecule has 11 heavy (non-hydrogen) atoms. The van der Waals surface area contributed by atoms with Crippen LogP contribution < -0.4 is 64.2 Å². The quantitative estimate of drug-likeness (QED) is 0.328. The average molecular weight is 190 g/mol. The standard InChI is InChI=1S/C6H10O2S.2Na/c7-5(8)3-6(4-9)1-2-6;;/h9H,1-4H2,(H,7,8);;/q;2*+1/p-2. The Labute approximate surface area is 116 Å². The van der Waals surface area contributed by atoms with Gasteiger partial charge in [-0.3, -0.25) is 0 Å². The number of carboxylic acids is 1. The molecule has 5 heteroatoms. The van der Waals surface area contributed by atoms with Crippen molar-refractivity contribution in [2.75, 3.05) is 5.75 Å². The Balaban J connectivity index is 0. The van der Waals surface area contributed by atoms with E-state index in [4.69, 9.17) is 12.6 Å². The van der Waals surface area contributed by atoms with Crippen molar-refractivity contribution in [1.29, 1.82) is 0 Å². The van der Waals surface area contributed by atoms with Gasteiger partial charge >= 0.3 is 59.1 Å². The van der Waals surface area contributed by atoms with Crippen LogP contribution in [0.4, 0.5) is 0 Å². The van der Waals surface area contributed by atoms with Gasteiger partial charge < -0.3 is 22.5 Å². The molecule has 52 valence electrons. The molecule has 0 aromatic carbocycles. The molecule has 1 saturated carbocycles. The Morgan fingerprint density at radius 2 is 1.91 bits per heavy atom. The number of carboxylic acid groups (broad SMARTS) is 1. The number of hydrogen-bond acceptors (Lipinski definition) is 3. The van der Waals surface area contributed by atoms with Crippen LogP contribution in [0.1, 0.15) is 19.3 Å². The number of rotatable bonds is 3. The van der Waals surface area contributed by atoms with Crippen LogP contribution in [0.2, 0.25) is 0 Å². The van der Waals surface area contributed by atoms with E-state index >= 15 is 0 Å². The van der Waals surface area contributed by atoms with E-state index in [0.29, 0.717) is 5.75 Å². The second-order valence-electron chi connectivity index (χ2n) is 2.69. The van der Waals surface area contributed by atoms with Gasteiger partial charge in [0.1, 0.15) is 0 Å². The number of hydrogen-bond donors (Lipinski definition) is 0. The molecule has 0 N–H and O–H groups in total. The monoisotopic (exact) mass is 190 g/mol. The maximum Gasteiger partial charge on any atom is 1.00 e. The molecule has 1 aliphatic carbocycles. The predicted octanol–water partition coefficient (Wildman–Crippen LogP) is -6.54. The molecule has 0 aromatic heterocycles. The van der Waals surface area contributed by atoms with Gasteiger partial charge in [0.2, 0.25) is 0 Å². The Morgan fingerprint density at radius 1 is 1.45 bits per heavy atom. The van der Waals surface area contributed by atoms with Crippen LogP contribution in [0.25, 0.3) is 0 Å². The van der Waals surface area contributed by atoms with Crippen LogP contribution in [0, 0.1) is 5.41 Å². The summed E-state index contributed by atoms with van der Waals surface area (Å²) in [5, 5.41) is 10.1. The van der Waals surface area contributed by atoms with Gasteiger partial charge in [-0.25, -0.2) is 0 Å². The third-order valence-corrected chi connectivity index (χ3v) is 2.40. The SMILES string of the molecule is O=C([O-])CC1(C[S-])CC1.[Na+].[Na+]. The predicted molar refractivity (Wildman–Crippen MR) is 33.5 cm³/mol. The van der Waals surface area contributed by atoms with E-state index < -0.39 is 5.97 Å². The van der Waals surface area contributed by atoms with Gasteiger partial charge in [0, 0.05) is 5.97 Å². The molecule has 0 unspecified atom stereocenters. The zero-order valence-corrected chi connectivity index (χ0v) is 11.9. The van der Waals surface area contributed by atoms with Crippen molar-refractivity contribution in [3.05, 3.63) is 0 Å². The zero-order valence-electron chi connectivity index (χ0n) is 7.05. The molecular weight excluding hydrogens is 182 g/mol. The van der Waals surface area contributed by atoms with E-state index in [2.05, 4.69) is 0 Å². The minimum Gasteiger partial charge on any atom is -0.792 e. The molecule has 0 amide bonds. The number of carbonyl (C=O) groups is 1. The second-order valence-corrected chi connectivity index (χ2v) is 2.98. The summed E-state index contributed by atoms with van der Waals surface area (Å²) in [6.07, 6.45) is 2.12. The minimum atomic E-state index is -0.961. The summed E-state index contributed by atoms with van der Waals surface area (Å²) in [7, 11) is 0. The smallest absolute Gasteiger partial charge is 0.792 e. The Morgan fingerprint density at radius 3 is 2.00 bits per heavy atom. The maximum absolute atomic E-state index is 10.1. The molecule has 2 nitrogen and oxygen atoms in total. The van der Waals surface area contributed by atoms with Crippen LogP contribution in [0.15, 0.2) is 0 Å². The molecule has 0 heterocycles. The fraction of sp³-hybridized carbons (Fsp3) is 0.833. The van der Waals surface area contributed by atoms with Crippen molar-refractivity contribution in [3.8, 4) is 0 Å². The molecule has 1 fully saturated rings. The molecule has 0 spiro atoms. The van der Waals surface area contributed by atoms with Crippen molar-refractivity contribution in [2.24, 2.45) is 5.41 Å². The van der Waals surface area contributed by atoms with Crippen molar-refractivity contribution in [3.63, 3.8) is 0 Å². The van der Waals surface area contributed by atoms with Crippen LogP contribution in [-0.4, -0.2) is 11.7 Å². The average Bonchev–Trinajstić information content (AvgIpc) is 2.48. The van der Waals surface area contributed by atoms with Gasteiger partial charge in [-0.05, 0) is 24.7 Å². The van der Waals surface area contributed by atoms with Gasteiger partial charge in [-0.15, -0.1) is 0 Å². The number of carbonyl (C=O) groups excluding carboxylic acids is 1. The van der Waals surface area contributed by atoms with Crippen molar-refractivity contribution < 1.29 is 69.0 Å². The van der Waals surface area contributed by atoms with E-state index in [-0.39, 0.29) is 71.0 Å². The van der Waals surface area contributed by atoms with E-state index in [1.807, 2.05) is 0 Å². The summed E-state index contributed by atoms with van der Waals surface area (Å²) in [4.78, 5) is 10.1. The Kier molecular flexibility index (Phi) is 8.76. The van der Waals surface area contributed by atoms with Crippen molar-refractivity contribution in [1.82, 2.24) is 0 Å². The fourth-order valence-electron chi connectivity index (χ4n) is 0.855. The second kappa shape index (κ2) is 6.30. The molecule has 0 saturated heterocycles. The first-order chi connectivity index (χ1) is 4.18. The largest absolute Gasteiger partial charge is 1.00 e. The zero-order chi connectivity index (χ0) is 6.91. The van der Waals surface area contributed by atoms with Gasteiger partial charge in [-0.1, -0.05) is 0 Å². The first kappa shape index (κ1) is 15.3. The van der Waals surface area contributed by atoms with Crippen LogP contribution in [-0.2, 0) is 17.4 Å². The molecule has 0 bridgehead atoms. The summed E-state index contributed by atoms with van der Waals surface area (Å²) in [5.41, 5.74) is -0.0336. The molecule has 1 aliphatic rings. The van der Waals surface area contributed by atoms with E-state index in [0.717, 1.165) is 12.8 Å². The molecule has 0 radical (unpaired) electrons. The van der Waals surface area contributed by atoms with E-state index in [9.17, 15) is 9.90 Å². The van der Waals surface area contributed by atoms with Crippen LogP contribution in [0.5, 0.6) is 0 Å². The van der Waals surface area contributed by atoms with Crippen LogP contribution in [0.3, 0.4) is 0 Å². The van der Waals surface area contributed by atoms with Crippen LogP contribution >= 0.6 is 0 Å². The van der Waals surface area contributed by atoms with Gasteiger partial charge in [-0.2, -0.15) is 5.75 Å². The maximum atomic E-state index is 10.1. The normalized spacial score (nSPS) is 17.5. The summed E-state index contributed by atoms with van der Waals surface area (Å²) in [6, 6.07) is 0. The topological polar surface area (TPSA) is 40.1 Å². The van der Waals surface area contributed by atoms with Crippen molar-refractivity contribution in [2.45, 2.75) is 19.3 Å². The van der Waals surface area contributed by atoms with Crippen molar-refractivity contribution >= 4 is 18.6 Å². The fourth-order valence-corrected chi connectivity index (χ4v) is 1.25. The minimum absolute atomic E-state index is 0. The summed E-state index contributed by atoms with van der Waals surface area (Å²) >= 11 is 4.78. The van der Waals surface area contributed by atoms with Gasteiger partial charge in [0.05, 0.1) is 0 Å². The third kappa shape index (κ3) is 5.19. The molecule has 0 atom stereocenters. The molecule has 0 aromatic rings. The summed E-state index contributed by atoms with van der Waals surface area (Å²) < 4.78 is 0. The summed E-state index contributed by atoms with van der Waals surface area (Å²) in [5.74, 6) is -0.390. The Hall–Kier alpha value is 1.82. The van der Waals surface area contributed by atoms with E-state index in [1.54, 1.807) is 0 Å².